The van der Waals surface area contributed by atoms with Gasteiger partial charge < -0.3 is 5.32 Å². The Morgan fingerprint density at radius 2 is 1.78 bits per heavy atom. The van der Waals surface area contributed by atoms with Crippen molar-refractivity contribution in [1.29, 1.82) is 0 Å². The monoisotopic (exact) mass is 409 g/mol. The maximum absolute atomic E-state index is 13.3. The van der Waals surface area contributed by atoms with E-state index in [2.05, 4.69) is 10.3 Å². The van der Waals surface area contributed by atoms with Crippen LogP contribution in [0.5, 0.6) is 0 Å². The number of hydrogen-bond donors (Lipinski definition) is 1. The van der Waals surface area contributed by atoms with Crippen LogP contribution in [0.4, 0.5) is 5.13 Å². The van der Waals surface area contributed by atoms with Gasteiger partial charge in [-0.1, -0.05) is 31.5 Å². The van der Waals surface area contributed by atoms with Crippen LogP contribution in [-0.4, -0.2) is 36.7 Å². The van der Waals surface area contributed by atoms with Gasteiger partial charge in [-0.2, -0.15) is 4.31 Å². The van der Waals surface area contributed by atoms with Crippen LogP contribution in [-0.2, 0) is 14.8 Å². The molecule has 0 saturated carbocycles. The van der Waals surface area contributed by atoms with Crippen LogP contribution in [0.15, 0.2) is 23.2 Å². The molecule has 27 heavy (non-hydrogen) atoms. The number of sulfonamides is 1. The van der Waals surface area contributed by atoms with Gasteiger partial charge in [0.1, 0.15) is 0 Å². The van der Waals surface area contributed by atoms with E-state index in [0.29, 0.717) is 16.3 Å². The van der Waals surface area contributed by atoms with Gasteiger partial charge in [-0.3, -0.25) is 4.79 Å². The molecule has 1 heterocycles. The fourth-order valence-corrected chi connectivity index (χ4v) is 5.74. The summed E-state index contributed by atoms with van der Waals surface area (Å²) < 4.78 is 28.0. The molecule has 0 aliphatic rings. The number of nitrogens with one attached hydrogen (secondary N) is 1. The summed E-state index contributed by atoms with van der Waals surface area (Å²) in [7, 11) is -3.80. The molecule has 0 spiro atoms. The van der Waals surface area contributed by atoms with Gasteiger partial charge in [-0.25, -0.2) is 13.4 Å². The minimum Gasteiger partial charge on any atom is -0.301 e. The van der Waals surface area contributed by atoms with E-state index in [-0.39, 0.29) is 23.9 Å². The normalized spacial score (nSPS) is 12.0. The second kappa shape index (κ2) is 8.50. The van der Waals surface area contributed by atoms with E-state index in [1.807, 2.05) is 39.8 Å². The molecule has 1 amide bonds. The van der Waals surface area contributed by atoms with Gasteiger partial charge >= 0.3 is 0 Å². The number of thiazole rings is 1. The number of amides is 1. The zero-order chi connectivity index (χ0) is 20.4. The number of rotatable bonds is 7. The van der Waals surface area contributed by atoms with Crippen molar-refractivity contribution in [3.05, 3.63) is 39.9 Å². The Morgan fingerprint density at radius 3 is 2.26 bits per heavy atom. The van der Waals surface area contributed by atoms with Crippen LogP contribution >= 0.6 is 11.3 Å². The molecule has 0 bridgehead atoms. The van der Waals surface area contributed by atoms with E-state index < -0.39 is 15.9 Å². The Hall–Kier alpha value is -1.77. The molecule has 148 valence electrons. The molecule has 8 heteroatoms. The van der Waals surface area contributed by atoms with Crippen molar-refractivity contribution in [2.24, 2.45) is 5.92 Å². The molecule has 1 N–H and O–H groups in total. The van der Waals surface area contributed by atoms with E-state index in [1.165, 1.54) is 15.6 Å². The fourth-order valence-electron chi connectivity index (χ4n) is 3.09. The molecular formula is C19H27N3O3S2. The molecule has 0 fully saturated rings. The third-order valence-corrected chi connectivity index (χ3v) is 6.90. The summed E-state index contributed by atoms with van der Waals surface area (Å²) in [5.74, 6) is -0.309. The first-order valence-corrected chi connectivity index (χ1v) is 11.1. The van der Waals surface area contributed by atoms with Crippen LogP contribution in [0.2, 0.25) is 0 Å². The summed E-state index contributed by atoms with van der Waals surface area (Å²) in [5, 5.41) is 3.16. The van der Waals surface area contributed by atoms with Gasteiger partial charge in [-0.15, -0.1) is 11.3 Å². The van der Waals surface area contributed by atoms with Crippen molar-refractivity contribution in [3.8, 4) is 0 Å². The number of aromatic nitrogens is 1. The highest BCUT2D eigenvalue weighted by molar-refractivity contribution is 7.89. The molecule has 1 aromatic carbocycles. The molecule has 2 rings (SSSR count). The Morgan fingerprint density at radius 1 is 1.19 bits per heavy atom. The Balaban J connectivity index is 2.33. The minimum absolute atomic E-state index is 0.0840. The summed E-state index contributed by atoms with van der Waals surface area (Å²) in [4.78, 5) is 17.8. The molecule has 0 aliphatic heterocycles. The fraction of sp³-hybridized carbons (Fsp3) is 0.474. The van der Waals surface area contributed by atoms with E-state index in [9.17, 15) is 13.2 Å². The highest BCUT2D eigenvalue weighted by atomic mass is 32.2. The van der Waals surface area contributed by atoms with Crippen molar-refractivity contribution >= 4 is 32.4 Å². The molecule has 0 aliphatic carbocycles. The van der Waals surface area contributed by atoms with E-state index in [4.69, 9.17) is 0 Å². The lowest BCUT2D eigenvalue weighted by atomic mass is 10.1. The maximum Gasteiger partial charge on any atom is 0.244 e. The van der Waals surface area contributed by atoms with Crippen LogP contribution < -0.4 is 5.32 Å². The number of nitrogens with zero attached hydrogens (tertiary/aromatic N) is 2. The van der Waals surface area contributed by atoms with Gasteiger partial charge in [0.2, 0.25) is 15.9 Å². The summed E-state index contributed by atoms with van der Waals surface area (Å²) in [6.07, 6.45) is 1.67. The molecule has 0 atom stereocenters. The van der Waals surface area contributed by atoms with Crippen LogP contribution in [0.3, 0.4) is 0 Å². The second-order valence-corrected chi connectivity index (χ2v) is 10.4. The van der Waals surface area contributed by atoms with E-state index in [1.54, 1.807) is 20.0 Å². The smallest absolute Gasteiger partial charge is 0.244 e. The minimum atomic E-state index is -3.80. The van der Waals surface area contributed by atoms with Crippen LogP contribution in [0.1, 0.15) is 35.4 Å². The van der Waals surface area contributed by atoms with Crippen molar-refractivity contribution < 1.29 is 13.2 Å². The van der Waals surface area contributed by atoms with Crippen molar-refractivity contribution in [2.75, 3.05) is 18.4 Å². The SMILES string of the molecule is Cc1cc(C)c(S(=O)(=O)N(CC(=O)Nc2ncc(C)s2)CC(C)C)c(C)c1. The molecule has 0 saturated heterocycles. The number of aryl methyl sites for hydroxylation is 4. The molecule has 2 aromatic rings. The Kier molecular flexibility index (Phi) is 6.77. The first-order valence-electron chi connectivity index (χ1n) is 8.81. The average molecular weight is 410 g/mol. The maximum atomic E-state index is 13.3. The third-order valence-electron chi connectivity index (χ3n) is 3.96. The highest BCUT2D eigenvalue weighted by Crippen LogP contribution is 2.26. The first kappa shape index (κ1) is 21.5. The molecular weight excluding hydrogens is 382 g/mol. The van der Waals surface area contributed by atoms with Crippen molar-refractivity contribution in [1.82, 2.24) is 9.29 Å². The van der Waals surface area contributed by atoms with Crippen LogP contribution in [0, 0.1) is 33.6 Å². The largest absolute Gasteiger partial charge is 0.301 e. The third kappa shape index (κ3) is 5.37. The van der Waals surface area contributed by atoms with E-state index in [0.717, 1.165) is 10.4 Å². The van der Waals surface area contributed by atoms with Gasteiger partial charge in [0, 0.05) is 17.6 Å². The predicted molar refractivity (Wildman–Crippen MR) is 110 cm³/mol. The molecule has 6 nitrogen and oxygen atoms in total. The highest BCUT2D eigenvalue weighted by Gasteiger charge is 2.30. The number of anilines is 1. The lowest BCUT2D eigenvalue weighted by Gasteiger charge is -2.25. The van der Waals surface area contributed by atoms with Crippen LogP contribution in [0.25, 0.3) is 0 Å². The first-order chi connectivity index (χ1) is 12.5. The summed E-state index contributed by atoms with van der Waals surface area (Å²) in [5.41, 5.74) is 2.39. The summed E-state index contributed by atoms with van der Waals surface area (Å²) in [6.45, 7) is 11.3. The topological polar surface area (TPSA) is 79.4 Å². The predicted octanol–water partition coefficient (Wildman–Crippen LogP) is 3.66. The molecule has 1 aromatic heterocycles. The van der Waals surface area contributed by atoms with Crippen molar-refractivity contribution in [3.63, 3.8) is 0 Å². The van der Waals surface area contributed by atoms with Gasteiger partial charge in [0.15, 0.2) is 5.13 Å². The van der Waals surface area contributed by atoms with Gasteiger partial charge in [-0.05, 0) is 44.7 Å². The lowest BCUT2D eigenvalue weighted by Crippen LogP contribution is -2.40. The van der Waals surface area contributed by atoms with Crippen molar-refractivity contribution in [2.45, 2.75) is 46.4 Å². The van der Waals surface area contributed by atoms with Gasteiger partial charge in [0.05, 0.1) is 11.4 Å². The average Bonchev–Trinajstić information content (AvgIpc) is 2.89. The number of carbonyl (C=O) groups is 1. The molecule has 0 radical (unpaired) electrons. The van der Waals surface area contributed by atoms with Gasteiger partial charge in [0.25, 0.3) is 0 Å². The number of benzene rings is 1. The zero-order valence-corrected chi connectivity index (χ0v) is 18.3. The standard InChI is InChI=1S/C19H27N3O3S2/c1-12(2)10-22(11-17(23)21-19-20-9-16(6)26-19)27(24,25)18-14(4)7-13(3)8-15(18)5/h7-9,12H,10-11H2,1-6H3,(H,20,21,23). The quantitative estimate of drug-likeness (QED) is 0.757. The second-order valence-electron chi connectivity index (χ2n) is 7.24. The Labute approximate surface area is 165 Å². The number of hydrogen-bond acceptors (Lipinski definition) is 5. The number of carbonyl (C=O) groups excluding carboxylic acids is 1. The van der Waals surface area contributed by atoms with E-state index >= 15 is 0 Å². The summed E-state index contributed by atoms with van der Waals surface area (Å²) >= 11 is 1.36. The summed E-state index contributed by atoms with van der Waals surface area (Å²) in [6, 6.07) is 3.71. The Bertz CT molecular complexity index is 910. The lowest BCUT2D eigenvalue weighted by molar-refractivity contribution is -0.116. The molecule has 0 unspecified atom stereocenters. The zero-order valence-electron chi connectivity index (χ0n) is 16.7.